The maximum absolute atomic E-state index is 14.4. The Labute approximate surface area is 153 Å². The van der Waals surface area contributed by atoms with E-state index in [0.29, 0.717) is 0 Å². The normalized spacial score (nSPS) is 11.5. The van der Waals surface area contributed by atoms with Gasteiger partial charge in [0.25, 0.3) is 5.91 Å². The lowest BCUT2D eigenvalue weighted by atomic mass is 10.1. The smallest absolute Gasteiger partial charge is 0.438 e. The zero-order chi connectivity index (χ0) is 20.6. The Morgan fingerprint density at radius 1 is 1.04 bits per heavy atom. The van der Waals surface area contributed by atoms with Crippen molar-refractivity contribution in [1.29, 1.82) is 0 Å². The van der Waals surface area contributed by atoms with Crippen LogP contribution < -0.4 is 5.32 Å². The van der Waals surface area contributed by atoms with Crippen LogP contribution in [0.5, 0.6) is 0 Å². The van der Waals surface area contributed by atoms with Crippen LogP contribution in [0.4, 0.5) is 32.0 Å². The number of aromatic nitrogens is 1. The van der Waals surface area contributed by atoms with Gasteiger partial charge in [-0.05, 0) is 37.3 Å². The third kappa shape index (κ3) is 3.71. The van der Waals surface area contributed by atoms with Crippen molar-refractivity contribution in [3.8, 4) is 11.3 Å². The van der Waals surface area contributed by atoms with Crippen molar-refractivity contribution < 1.29 is 35.6 Å². The van der Waals surface area contributed by atoms with Crippen LogP contribution in [0.1, 0.15) is 22.0 Å². The zero-order valence-corrected chi connectivity index (χ0v) is 14.0. The molecule has 0 fully saturated rings. The summed E-state index contributed by atoms with van der Waals surface area (Å²) in [6, 6.07) is 5.84. The minimum absolute atomic E-state index is 0.161. The second kappa shape index (κ2) is 7.02. The molecule has 0 saturated carbocycles. The number of halogens is 6. The molecule has 2 aromatic carbocycles. The zero-order valence-electron chi connectivity index (χ0n) is 14.0. The number of benzene rings is 2. The highest BCUT2D eigenvalue weighted by atomic mass is 19.4. The molecule has 0 saturated heterocycles. The van der Waals surface area contributed by atoms with E-state index in [1.54, 1.807) is 0 Å². The van der Waals surface area contributed by atoms with Crippen molar-refractivity contribution in [2.45, 2.75) is 13.1 Å². The number of anilines is 1. The third-order valence-electron chi connectivity index (χ3n) is 3.71. The first kappa shape index (κ1) is 19.5. The number of nitrogens with zero attached hydrogens (tertiary/aromatic N) is 1. The molecule has 3 aromatic rings. The number of nitrogens with one attached hydrogen (secondary N) is 1. The Balaban J connectivity index is 1.89. The van der Waals surface area contributed by atoms with Gasteiger partial charge in [-0.1, -0.05) is 6.07 Å². The second-order valence-corrected chi connectivity index (χ2v) is 5.67. The van der Waals surface area contributed by atoms with Gasteiger partial charge in [0.05, 0.1) is 0 Å². The summed E-state index contributed by atoms with van der Waals surface area (Å²) in [5.41, 5.74) is -1.67. The van der Waals surface area contributed by atoms with Crippen molar-refractivity contribution in [2.24, 2.45) is 0 Å². The topological polar surface area (TPSA) is 55.1 Å². The second-order valence-electron chi connectivity index (χ2n) is 5.67. The SMILES string of the molecule is Cc1oc(C(F)(F)F)nc1-c1ccc(NC(=O)c2c(F)cccc2F)cc1F. The van der Waals surface area contributed by atoms with Crippen LogP contribution >= 0.6 is 0 Å². The first-order valence-corrected chi connectivity index (χ1v) is 7.68. The molecule has 0 aliphatic heterocycles. The van der Waals surface area contributed by atoms with E-state index in [0.717, 1.165) is 36.4 Å². The van der Waals surface area contributed by atoms with E-state index in [1.165, 1.54) is 6.92 Å². The molecule has 146 valence electrons. The highest BCUT2D eigenvalue weighted by Gasteiger charge is 2.38. The van der Waals surface area contributed by atoms with E-state index in [1.807, 2.05) is 0 Å². The summed E-state index contributed by atoms with van der Waals surface area (Å²) < 4.78 is 84.2. The molecule has 0 unspecified atom stereocenters. The highest BCUT2D eigenvalue weighted by molar-refractivity contribution is 6.04. The fourth-order valence-electron chi connectivity index (χ4n) is 2.46. The summed E-state index contributed by atoms with van der Waals surface area (Å²) in [4.78, 5) is 15.3. The number of hydrogen-bond donors (Lipinski definition) is 1. The Morgan fingerprint density at radius 3 is 2.21 bits per heavy atom. The van der Waals surface area contributed by atoms with Crippen LogP contribution in [0, 0.1) is 24.4 Å². The molecule has 0 atom stereocenters. The minimum atomic E-state index is -4.84. The van der Waals surface area contributed by atoms with Gasteiger partial charge in [0.1, 0.15) is 34.5 Å². The molecule has 0 radical (unpaired) electrons. The predicted octanol–water partition coefficient (Wildman–Crippen LogP) is 5.34. The Hall–Kier alpha value is -3.30. The summed E-state index contributed by atoms with van der Waals surface area (Å²) in [7, 11) is 0. The van der Waals surface area contributed by atoms with Gasteiger partial charge in [0, 0.05) is 11.3 Å². The lowest BCUT2D eigenvalue weighted by Crippen LogP contribution is -2.16. The Morgan fingerprint density at radius 2 is 1.68 bits per heavy atom. The molecule has 1 N–H and O–H groups in total. The lowest BCUT2D eigenvalue weighted by molar-refractivity contribution is -0.157. The Bertz CT molecular complexity index is 1040. The molecule has 1 aromatic heterocycles. The summed E-state index contributed by atoms with van der Waals surface area (Å²) in [6.45, 7) is 1.19. The average Bonchev–Trinajstić information content (AvgIpc) is 2.97. The first-order chi connectivity index (χ1) is 13.1. The van der Waals surface area contributed by atoms with Crippen LogP contribution in [0.15, 0.2) is 40.8 Å². The van der Waals surface area contributed by atoms with E-state index in [2.05, 4.69) is 14.7 Å². The first-order valence-electron chi connectivity index (χ1n) is 7.68. The number of alkyl halides is 3. The average molecular weight is 400 g/mol. The van der Waals surface area contributed by atoms with Gasteiger partial charge >= 0.3 is 12.1 Å². The number of aryl methyl sites for hydroxylation is 1. The molecule has 0 bridgehead atoms. The Kier molecular flexibility index (Phi) is 4.88. The number of oxazole rings is 1. The summed E-state index contributed by atoms with van der Waals surface area (Å²) in [5.74, 6) is -6.15. The van der Waals surface area contributed by atoms with Crippen LogP contribution in [-0.2, 0) is 6.18 Å². The van der Waals surface area contributed by atoms with E-state index in [4.69, 9.17) is 0 Å². The van der Waals surface area contributed by atoms with Crippen LogP contribution in [-0.4, -0.2) is 10.9 Å². The number of rotatable bonds is 3. The quantitative estimate of drug-likeness (QED) is 0.604. The molecule has 28 heavy (non-hydrogen) atoms. The van der Waals surface area contributed by atoms with Crippen molar-refractivity contribution in [1.82, 2.24) is 4.98 Å². The largest absolute Gasteiger partial charge is 0.468 e. The molecule has 1 amide bonds. The van der Waals surface area contributed by atoms with E-state index in [9.17, 15) is 31.1 Å². The number of amides is 1. The molecular weight excluding hydrogens is 390 g/mol. The highest BCUT2D eigenvalue weighted by Crippen LogP contribution is 2.34. The van der Waals surface area contributed by atoms with E-state index >= 15 is 0 Å². The van der Waals surface area contributed by atoms with Crippen molar-refractivity contribution in [3.63, 3.8) is 0 Å². The predicted molar refractivity (Wildman–Crippen MR) is 85.9 cm³/mol. The van der Waals surface area contributed by atoms with Crippen molar-refractivity contribution in [3.05, 3.63) is 71.1 Å². The lowest BCUT2D eigenvalue weighted by Gasteiger charge is -2.08. The molecule has 10 heteroatoms. The molecular formula is C18H10F6N2O2. The van der Waals surface area contributed by atoms with Crippen LogP contribution in [0.25, 0.3) is 11.3 Å². The van der Waals surface area contributed by atoms with Crippen LogP contribution in [0.2, 0.25) is 0 Å². The van der Waals surface area contributed by atoms with Gasteiger partial charge < -0.3 is 9.73 Å². The molecule has 3 rings (SSSR count). The van der Waals surface area contributed by atoms with Crippen molar-refractivity contribution >= 4 is 11.6 Å². The summed E-state index contributed by atoms with van der Waals surface area (Å²) >= 11 is 0. The van der Waals surface area contributed by atoms with Gasteiger partial charge in [-0.2, -0.15) is 13.2 Å². The number of carbonyl (C=O) groups excluding carboxylic acids is 1. The molecule has 4 nitrogen and oxygen atoms in total. The fourth-order valence-corrected chi connectivity index (χ4v) is 2.46. The summed E-state index contributed by atoms with van der Waals surface area (Å²) in [6.07, 6.45) is -4.84. The van der Waals surface area contributed by atoms with Gasteiger partial charge in [0.2, 0.25) is 0 Å². The molecule has 1 heterocycles. The third-order valence-corrected chi connectivity index (χ3v) is 3.71. The van der Waals surface area contributed by atoms with Gasteiger partial charge in [-0.3, -0.25) is 4.79 Å². The molecule has 0 aliphatic carbocycles. The minimum Gasteiger partial charge on any atom is -0.438 e. The standard InChI is InChI=1S/C18H10F6N2O2/c1-8-15(26-17(28-8)18(22,23)24)10-6-5-9(7-13(10)21)25-16(27)14-11(19)3-2-4-12(14)20/h2-7H,1H3,(H,25,27). The van der Waals surface area contributed by atoms with Gasteiger partial charge in [0.15, 0.2) is 0 Å². The van der Waals surface area contributed by atoms with Crippen molar-refractivity contribution in [2.75, 3.05) is 5.32 Å². The maximum Gasteiger partial charge on any atom is 0.468 e. The molecule has 0 aliphatic rings. The maximum atomic E-state index is 14.4. The molecule has 0 spiro atoms. The van der Waals surface area contributed by atoms with E-state index in [-0.39, 0.29) is 22.7 Å². The van der Waals surface area contributed by atoms with Gasteiger partial charge in [-0.15, -0.1) is 0 Å². The monoisotopic (exact) mass is 400 g/mol. The number of carbonyl (C=O) groups is 1. The summed E-state index contributed by atoms with van der Waals surface area (Å²) in [5, 5.41) is 2.12. The van der Waals surface area contributed by atoms with Gasteiger partial charge in [-0.25, -0.2) is 18.2 Å². The van der Waals surface area contributed by atoms with Crippen LogP contribution in [0.3, 0.4) is 0 Å². The fraction of sp³-hybridized carbons (Fsp3) is 0.111. The van der Waals surface area contributed by atoms with E-state index < -0.39 is 41.0 Å². The number of hydrogen-bond acceptors (Lipinski definition) is 3.